The van der Waals surface area contributed by atoms with Crippen molar-refractivity contribution in [3.8, 4) is 0 Å². The van der Waals surface area contributed by atoms with Crippen LogP contribution in [0.3, 0.4) is 0 Å². The van der Waals surface area contributed by atoms with Gasteiger partial charge in [-0.25, -0.2) is 4.39 Å². The average molecular weight is 492 g/mol. The van der Waals surface area contributed by atoms with Crippen LogP contribution in [-0.2, 0) is 17.9 Å². The molecule has 3 amide bonds. The first-order valence-electron chi connectivity index (χ1n) is 11.4. The van der Waals surface area contributed by atoms with Gasteiger partial charge in [-0.1, -0.05) is 41.9 Å². The monoisotopic (exact) mass is 491 g/mol. The molecule has 6 nitrogen and oxygen atoms in total. The Hall–Kier alpha value is -3.71. The average Bonchev–Trinajstić information content (AvgIpc) is 3.34. The summed E-state index contributed by atoms with van der Waals surface area (Å²) in [5.74, 6) is -0.914. The highest BCUT2D eigenvalue weighted by atomic mass is 35.5. The molecule has 1 fully saturated rings. The van der Waals surface area contributed by atoms with Gasteiger partial charge in [-0.2, -0.15) is 0 Å². The van der Waals surface area contributed by atoms with E-state index in [1.165, 1.54) is 18.2 Å². The first kappa shape index (κ1) is 23.1. The summed E-state index contributed by atoms with van der Waals surface area (Å²) in [6, 6.07) is 17.8. The zero-order valence-corrected chi connectivity index (χ0v) is 19.6. The lowest BCUT2D eigenvalue weighted by atomic mass is 10.1. The second-order valence-corrected chi connectivity index (χ2v) is 9.12. The van der Waals surface area contributed by atoms with Gasteiger partial charge in [-0.05, 0) is 60.4 Å². The third kappa shape index (κ3) is 4.51. The predicted molar refractivity (Wildman–Crippen MR) is 131 cm³/mol. The first-order valence-corrected chi connectivity index (χ1v) is 11.8. The SMILES string of the molecule is O=C(NCc1ccc(F)cc1Cl)c1ccc(CN2C(=O)[C@@H]3CCCN3C(=O)c3ccccc32)cc1. The van der Waals surface area contributed by atoms with Crippen molar-refractivity contribution in [3.63, 3.8) is 0 Å². The van der Waals surface area contributed by atoms with Crippen LogP contribution in [0.5, 0.6) is 0 Å². The van der Waals surface area contributed by atoms with E-state index in [9.17, 15) is 18.8 Å². The largest absolute Gasteiger partial charge is 0.348 e. The number of para-hydroxylation sites is 1. The van der Waals surface area contributed by atoms with E-state index in [4.69, 9.17) is 11.6 Å². The van der Waals surface area contributed by atoms with Gasteiger partial charge in [0.15, 0.2) is 0 Å². The maximum atomic E-state index is 13.4. The maximum absolute atomic E-state index is 13.4. The molecule has 1 atom stereocenters. The van der Waals surface area contributed by atoms with Crippen molar-refractivity contribution in [1.82, 2.24) is 10.2 Å². The summed E-state index contributed by atoms with van der Waals surface area (Å²) in [6.45, 7) is 1.05. The van der Waals surface area contributed by atoms with E-state index in [0.29, 0.717) is 41.9 Å². The van der Waals surface area contributed by atoms with E-state index in [2.05, 4.69) is 5.32 Å². The Balaban J connectivity index is 1.32. The summed E-state index contributed by atoms with van der Waals surface area (Å²) >= 11 is 6.03. The molecular weight excluding hydrogens is 469 g/mol. The number of hydrogen-bond acceptors (Lipinski definition) is 3. The van der Waals surface area contributed by atoms with E-state index in [0.717, 1.165) is 12.0 Å². The molecule has 3 aromatic carbocycles. The molecule has 0 radical (unpaired) electrons. The molecular formula is C27H23ClFN3O3. The number of hydrogen-bond donors (Lipinski definition) is 1. The number of nitrogens with zero attached hydrogens (tertiary/aromatic N) is 2. The van der Waals surface area contributed by atoms with Crippen LogP contribution in [0.15, 0.2) is 66.7 Å². The van der Waals surface area contributed by atoms with Gasteiger partial charge in [0.05, 0.1) is 17.8 Å². The molecule has 2 aliphatic heterocycles. The Morgan fingerprint density at radius 2 is 1.83 bits per heavy atom. The molecule has 1 N–H and O–H groups in total. The van der Waals surface area contributed by atoms with Crippen LogP contribution in [0.2, 0.25) is 5.02 Å². The Kier molecular flexibility index (Phi) is 6.26. The molecule has 0 spiro atoms. The van der Waals surface area contributed by atoms with Crippen LogP contribution in [-0.4, -0.2) is 35.2 Å². The van der Waals surface area contributed by atoms with Gasteiger partial charge < -0.3 is 15.1 Å². The van der Waals surface area contributed by atoms with Gasteiger partial charge >= 0.3 is 0 Å². The van der Waals surface area contributed by atoms with Crippen LogP contribution in [0, 0.1) is 5.82 Å². The highest BCUT2D eigenvalue weighted by Crippen LogP contribution is 2.33. The van der Waals surface area contributed by atoms with Crippen LogP contribution in [0.25, 0.3) is 0 Å². The van der Waals surface area contributed by atoms with Crippen molar-refractivity contribution >= 4 is 35.0 Å². The van der Waals surface area contributed by atoms with Crippen LogP contribution >= 0.6 is 11.6 Å². The summed E-state index contributed by atoms with van der Waals surface area (Å²) in [5, 5.41) is 3.03. The highest BCUT2D eigenvalue weighted by Gasteiger charge is 2.41. The van der Waals surface area contributed by atoms with Crippen molar-refractivity contribution < 1.29 is 18.8 Å². The number of anilines is 1. The van der Waals surface area contributed by atoms with E-state index < -0.39 is 11.9 Å². The Bertz CT molecular complexity index is 1310. The number of fused-ring (bicyclic) bond motifs is 2. The predicted octanol–water partition coefficient (Wildman–Crippen LogP) is 4.56. The third-order valence-electron chi connectivity index (χ3n) is 6.50. The smallest absolute Gasteiger partial charge is 0.256 e. The zero-order chi connectivity index (χ0) is 24.5. The normalized spacial score (nSPS) is 17.1. The topological polar surface area (TPSA) is 69.7 Å². The van der Waals surface area contributed by atoms with Gasteiger partial charge in [0.2, 0.25) is 5.91 Å². The quantitative estimate of drug-likeness (QED) is 0.569. The Labute approximate surface area is 207 Å². The lowest BCUT2D eigenvalue weighted by molar-refractivity contribution is -0.122. The van der Waals surface area contributed by atoms with E-state index in [1.807, 2.05) is 12.1 Å². The number of halogens is 2. The fraction of sp³-hybridized carbons (Fsp3) is 0.222. The van der Waals surface area contributed by atoms with Gasteiger partial charge in [-0.15, -0.1) is 0 Å². The minimum atomic E-state index is -0.446. The highest BCUT2D eigenvalue weighted by molar-refractivity contribution is 6.31. The fourth-order valence-electron chi connectivity index (χ4n) is 4.66. The van der Waals surface area contributed by atoms with Crippen molar-refractivity contribution in [2.75, 3.05) is 11.4 Å². The molecule has 0 aliphatic carbocycles. The number of benzene rings is 3. The second kappa shape index (κ2) is 9.50. The number of amides is 3. The summed E-state index contributed by atoms with van der Waals surface area (Å²) in [5.41, 5.74) is 3.04. The molecule has 0 saturated carbocycles. The maximum Gasteiger partial charge on any atom is 0.256 e. The number of carbonyl (C=O) groups excluding carboxylic acids is 3. The fourth-order valence-corrected chi connectivity index (χ4v) is 4.89. The second-order valence-electron chi connectivity index (χ2n) is 8.71. The first-order chi connectivity index (χ1) is 16.9. The van der Waals surface area contributed by atoms with Crippen molar-refractivity contribution in [2.24, 2.45) is 0 Å². The summed E-state index contributed by atoms with van der Waals surface area (Å²) in [7, 11) is 0. The van der Waals surface area contributed by atoms with E-state index in [-0.39, 0.29) is 29.3 Å². The Morgan fingerprint density at radius 1 is 1.06 bits per heavy atom. The molecule has 8 heteroatoms. The number of carbonyl (C=O) groups is 3. The molecule has 5 rings (SSSR count). The summed E-state index contributed by atoms with van der Waals surface area (Å²) < 4.78 is 13.2. The molecule has 178 valence electrons. The van der Waals surface area contributed by atoms with Crippen LogP contribution in [0.1, 0.15) is 44.7 Å². The summed E-state index contributed by atoms with van der Waals surface area (Å²) in [6.07, 6.45) is 1.47. The minimum Gasteiger partial charge on any atom is -0.348 e. The zero-order valence-electron chi connectivity index (χ0n) is 18.8. The number of nitrogens with one attached hydrogen (secondary N) is 1. The molecule has 2 heterocycles. The van der Waals surface area contributed by atoms with Crippen LogP contribution in [0.4, 0.5) is 10.1 Å². The van der Waals surface area contributed by atoms with Crippen LogP contribution < -0.4 is 10.2 Å². The lowest BCUT2D eigenvalue weighted by Gasteiger charge is -2.26. The summed E-state index contributed by atoms with van der Waals surface area (Å²) in [4.78, 5) is 42.4. The van der Waals surface area contributed by atoms with Crippen molar-refractivity contribution in [3.05, 3.63) is 99.8 Å². The lowest BCUT2D eigenvalue weighted by Crippen LogP contribution is -2.44. The van der Waals surface area contributed by atoms with Gasteiger partial charge in [0.1, 0.15) is 11.9 Å². The molecule has 2 aliphatic rings. The van der Waals surface area contributed by atoms with Gasteiger partial charge in [0, 0.05) is 23.7 Å². The molecule has 1 saturated heterocycles. The molecule has 0 aromatic heterocycles. The standard InChI is InChI=1S/C27H23ClFN3O3/c28-22-14-20(29)12-11-19(22)15-30-25(33)18-9-7-17(8-10-18)16-32-23-5-2-1-4-21(23)26(34)31-13-3-6-24(31)27(32)35/h1-2,4-5,7-12,14,24H,3,6,13,15-16H2,(H,30,33)/t24-/m0/s1. The molecule has 3 aromatic rings. The minimum absolute atomic E-state index is 0.0844. The van der Waals surface area contributed by atoms with Gasteiger partial charge in [0.25, 0.3) is 11.8 Å². The van der Waals surface area contributed by atoms with Crippen molar-refractivity contribution in [2.45, 2.75) is 32.0 Å². The van der Waals surface area contributed by atoms with E-state index in [1.54, 1.807) is 46.2 Å². The van der Waals surface area contributed by atoms with Gasteiger partial charge in [-0.3, -0.25) is 14.4 Å². The molecule has 35 heavy (non-hydrogen) atoms. The molecule has 0 bridgehead atoms. The van der Waals surface area contributed by atoms with E-state index >= 15 is 0 Å². The Morgan fingerprint density at radius 3 is 2.60 bits per heavy atom. The molecule has 0 unspecified atom stereocenters. The third-order valence-corrected chi connectivity index (χ3v) is 6.85. The number of rotatable bonds is 5. The van der Waals surface area contributed by atoms with Crippen molar-refractivity contribution in [1.29, 1.82) is 0 Å².